The van der Waals surface area contributed by atoms with Gasteiger partial charge in [-0.15, -0.1) is 0 Å². The van der Waals surface area contributed by atoms with Gasteiger partial charge in [-0.2, -0.15) is 13.2 Å². The number of carboxylic acid groups (broad SMARTS) is 1. The number of carboxylic acids is 1. The Morgan fingerprint density at radius 1 is 1.32 bits per heavy atom. The molecule has 2 N–H and O–H groups in total. The first-order chi connectivity index (χ1) is 8.69. The number of amides is 1. The van der Waals surface area contributed by atoms with Gasteiger partial charge in [0.25, 0.3) is 0 Å². The molecule has 0 atom stereocenters. The zero-order valence-electron chi connectivity index (χ0n) is 9.42. The number of rotatable bonds is 4. The second kappa shape index (κ2) is 5.92. The standard InChI is InChI=1S/C11H9ClF3NO3/c12-8-2-1-6(5-7(8)10(18)19)16-9(17)3-4-11(13,14)15/h1-2,5H,3-4H2,(H,16,17)(H,18,19). The van der Waals surface area contributed by atoms with E-state index in [1.807, 2.05) is 0 Å². The van der Waals surface area contributed by atoms with Crippen LogP contribution in [0.25, 0.3) is 0 Å². The summed E-state index contributed by atoms with van der Waals surface area (Å²) >= 11 is 5.61. The molecule has 0 spiro atoms. The highest BCUT2D eigenvalue weighted by atomic mass is 35.5. The highest BCUT2D eigenvalue weighted by Crippen LogP contribution is 2.23. The van der Waals surface area contributed by atoms with Gasteiger partial charge in [0.2, 0.25) is 5.91 Å². The summed E-state index contributed by atoms with van der Waals surface area (Å²) in [5, 5.41) is 10.9. The lowest BCUT2D eigenvalue weighted by atomic mass is 10.2. The van der Waals surface area contributed by atoms with Crippen molar-refractivity contribution in [2.24, 2.45) is 0 Å². The summed E-state index contributed by atoms with van der Waals surface area (Å²) in [6.45, 7) is 0. The Bertz CT molecular complexity index is 502. The largest absolute Gasteiger partial charge is 0.478 e. The smallest absolute Gasteiger partial charge is 0.389 e. The first-order valence-corrected chi connectivity index (χ1v) is 5.46. The average molecular weight is 296 g/mol. The molecule has 1 aromatic carbocycles. The van der Waals surface area contributed by atoms with Crippen LogP contribution in [0.15, 0.2) is 18.2 Å². The second-order valence-electron chi connectivity index (χ2n) is 3.66. The highest BCUT2D eigenvalue weighted by molar-refractivity contribution is 6.33. The maximum absolute atomic E-state index is 11.9. The normalized spacial score (nSPS) is 11.2. The molecule has 4 nitrogen and oxygen atoms in total. The maximum atomic E-state index is 11.9. The molecule has 0 aromatic heterocycles. The molecular weight excluding hydrogens is 287 g/mol. The molecule has 1 aromatic rings. The van der Waals surface area contributed by atoms with Gasteiger partial charge < -0.3 is 10.4 Å². The number of carbonyl (C=O) groups excluding carboxylic acids is 1. The van der Waals surface area contributed by atoms with Crippen molar-refractivity contribution in [1.29, 1.82) is 0 Å². The van der Waals surface area contributed by atoms with Gasteiger partial charge >= 0.3 is 12.1 Å². The van der Waals surface area contributed by atoms with E-state index in [1.54, 1.807) is 0 Å². The Kier molecular flexibility index (Phi) is 4.77. The summed E-state index contributed by atoms with van der Waals surface area (Å²) in [6, 6.07) is 3.63. The van der Waals surface area contributed by atoms with Gasteiger partial charge in [0.05, 0.1) is 17.0 Å². The van der Waals surface area contributed by atoms with Crippen molar-refractivity contribution in [1.82, 2.24) is 0 Å². The minimum absolute atomic E-state index is 0.0270. The van der Waals surface area contributed by atoms with Crippen molar-refractivity contribution in [3.63, 3.8) is 0 Å². The highest BCUT2D eigenvalue weighted by Gasteiger charge is 2.27. The predicted molar refractivity (Wildman–Crippen MR) is 62.3 cm³/mol. The summed E-state index contributed by atoms with van der Waals surface area (Å²) < 4.78 is 35.7. The first-order valence-electron chi connectivity index (χ1n) is 5.08. The molecule has 0 heterocycles. The number of aromatic carboxylic acids is 1. The summed E-state index contributed by atoms with van der Waals surface area (Å²) in [4.78, 5) is 22.0. The van der Waals surface area contributed by atoms with Crippen LogP contribution in [0.5, 0.6) is 0 Å². The molecule has 0 aliphatic heterocycles. The lowest BCUT2D eigenvalue weighted by molar-refractivity contribution is -0.142. The molecular formula is C11H9ClF3NO3. The number of alkyl halides is 3. The van der Waals surface area contributed by atoms with Gasteiger partial charge in [0.15, 0.2) is 0 Å². The number of hydrogen-bond acceptors (Lipinski definition) is 2. The molecule has 0 aliphatic carbocycles. The second-order valence-corrected chi connectivity index (χ2v) is 4.07. The van der Waals surface area contributed by atoms with Gasteiger partial charge in [-0.05, 0) is 18.2 Å². The fourth-order valence-corrected chi connectivity index (χ4v) is 1.44. The van der Waals surface area contributed by atoms with E-state index >= 15 is 0 Å². The Hall–Kier alpha value is -1.76. The molecule has 19 heavy (non-hydrogen) atoms. The van der Waals surface area contributed by atoms with E-state index in [2.05, 4.69) is 5.32 Å². The molecule has 1 amide bonds. The SMILES string of the molecule is O=C(CCC(F)(F)F)Nc1ccc(Cl)c(C(=O)O)c1. The lowest BCUT2D eigenvalue weighted by Crippen LogP contribution is -2.16. The Morgan fingerprint density at radius 2 is 1.95 bits per heavy atom. The number of halogens is 4. The summed E-state index contributed by atoms with van der Waals surface area (Å²) in [6.07, 6.45) is -6.38. The van der Waals surface area contributed by atoms with Crippen molar-refractivity contribution < 1.29 is 27.9 Å². The number of hydrogen-bond donors (Lipinski definition) is 2. The van der Waals surface area contributed by atoms with Crippen molar-refractivity contribution in [3.8, 4) is 0 Å². The van der Waals surface area contributed by atoms with Crippen LogP contribution in [0.2, 0.25) is 5.02 Å². The van der Waals surface area contributed by atoms with Crippen molar-refractivity contribution >= 4 is 29.2 Å². The molecule has 0 fully saturated rings. The molecule has 0 saturated heterocycles. The molecule has 0 bridgehead atoms. The van der Waals surface area contributed by atoms with E-state index in [4.69, 9.17) is 16.7 Å². The van der Waals surface area contributed by atoms with Crippen LogP contribution in [-0.4, -0.2) is 23.2 Å². The van der Waals surface area contributed by atoms with Crippen molar-refractivity contribution in [2.75, 3.05) is 5.32 Å². The summed E-state index contributed by atoms with van der Waals surface area (Å²) in [5.74, 6) is -2.15. The minimum Gasteiger partial charge on any atom is -0.478 e. The van der Waals surface area contributed by atoms with E-state index < -0.39 is 30.9 Å². The van der Waals surface area contributed by atoms with Gasteiger partial charge in [0.1, 0.15) is 0 Å². The Labute approximate surface area is 111 Å². The number of anilines is 1. The van der Waals surface area contributed by atoms with E-state index in [9.17, 15) is 22.8 Å². The molecule has 8 heteroatoms. The average Bonchev–Trinajstić information content (AvgIpc) is 2.28. The number of nitrogens with one attached hydrogen (secondary N) is 1. The van der Waals surface area contributed by atoms with Crippen LogP contribution in [0, 0.1) is 0 Å². The zero-order valence-corrected chi connectivity index (χ0v) is 10.2. The van der Waals surface area contributed by atoms with Gasteiger partial charge in [0, 0.05) is 12.1 Å². The minimum atomic E-state index is -4.41. The van der Waals surface area contributed by atoms with Crippen LogP contribution < -0.4 is 5.32 Å². The van der Waals surface area contributed by atoms with Crippen LogP contribution in [0.3, 0.4) is 0 Å². The zero-order chi connectivity index (χ0) is 14.6. The van der Waals surface area contributed by atoms with Crippen LogP contribution in [0.4, 0.5) is 18.9 Å². The van der Waals surface area contributed by atoms with Gasteiger partial charge in [-0.1, -0.05) is 11.6 Å². The van der Waals surface area contributed by atoms with Crippen LogP contribution in [0.1, 0.15) is 23.2 Å². The third-order valence-electron chi connectivity index (χ3n) is 2.12. The predicted octanol–water partition coefficient (Wildman–Crippen LogP) is 3.32. The van der Waals surface area contributed by atoms with Crippen molar-refractivity contribution in [3.05, 3.63) is 28.8 Å². The number of benzene rings is 1. The Balaban J connectivity index is 2.70. The molecule has 104 valence electrons. The number of carbonyl (C=O) groups is 2. The molecule has 1 rings (SSSR count). The molecule has 0 saturated carbocycles. The fraction of sp³-hybridized carbons (Fsp3) is 0.273. The van der Waals surface area contributed by atoms with Crippen LogP contribution >= 0.6 is 11.6 Å². The lowest BCUT2D eigenvalue weighted by Gasteiger charge is -2.08. The summed E-state index contributed by atoms with van der Waals surface area (Å²) in [5.41, 5.74) is -0.163. The third-order valence-corrected chi connectivity index (χ3v) is 2.45. The van der Waals surface area contributed by atoms with E-state index in [0.29, 0.717) is 0 Å². The monoisotopic (exact) mass is 295 g/mol. The van der Waals surface area contributed by atoms with E-state index in [1.165, 1.54) is 12.1 Å². The van der Waals surface area contributed by atoms with Crippen molar-refractivity contribution in [2.45, 2.75) is 19.0 Å². The maximum Gasteiger partial charge on any atom is 0.389 e. The fourth-order valence-electron chi connectivity index (χ4n) is 1.25. The van der Waals surface area contributed by atoms with E-state index in [-0.39, 0.29) is 16.3 Å². The summed E-state index contributed by atoms with van der Waals surface area (Å²) in [7, 11) is 0. The third kappa shape index (κ3) is 5.17. The van der Waals surface area contributed by atoms with Gasteiger partial charge in [-0.25, -0.2) is 4.79 Å². The molecule has 0 aliphatic rings. The quantitative estimate of drug-likeness (QED) is 0.895. The topological polar surface area (TPSA) is 66.4 Å². The van der Waals surface area contributed by atoms with E-state index in [0.717, 1.165) is 6.07 Å². The van der Waals surface area contributed by atoms with Crippen LogP contribution in [-0.2, 0) is 4.79 Å². The van der Waals surface area contributed by atoms with Gasteiger partial charge in [-0.3, -0.25) is 4.79 Å². The first kappa shape index (κ1) is 15.3. The molecule has 0 radical (unpaired) electrons. The Morgan fingerprint density at radius 3 is 2.47 bits per heavy atom. The molecule has 0 unspecified atom stereocenters.